The fourth-order valence-electron chi connectivity index (χ4n) is 3.43. The molecule has 0 atom stereocenters. The van der Waals surface area contributed by atoms with Gasteiger partial charge in [-0.2, -0.15) is 18.2 Å². The van der Waals surface area contributed by atoms with Gasteiger partial charge >= 0.3 is 6.18 Å². The second kappa shape index (κ2) is 7.99. The number of nitrogen functional groups attached to an aromatic ring is 1. The van der Waals surface area contributed by atoms with E-state index in [1.54, 1.807) is 6.07 Å². The molecule has 0 saturated carbocycles. The van der Waals surface area contributed by atoms with Gasteiger partial charge in [0, 0.05) is 57.1 Å². The molecule has 29 heavy (non-hydrogen) atoms. The summed E-state index contributed by atoms with van der Waals surface area (Å²) in [5, 5.41) is 3.26. The Morgan fingerprint density at radius 3 is 2.41 bits per heavy atom. The Balaban J connectivity index is 1.82. The molecule has 0 radical (unpaired) electrons. The summed E-state index contributed by atoms with van der Waals surface area (Å²) in [6.07, 6.45) is -3.45. The van der Waals surface area contributed by atoms with Gasteiger partial charge in [-0.15, -0.1) is 0 Å². The Kier molecular flexibility index (Phi) is 5.41. The van der Waals surface area contributed by atoms with Crippen molar-refractivity contribution in [2.45, 2.75) is 6.18 Å². The largest absolute Gasteiger partial charge is 0.417 e. The van der Waals surface area contributed by atoms with Gasteiger partial charge in [-0.05, 0) is 6.07 Å². The molecule has 156 valence electrons. The zero-order valence-corrected chi connectivity index (χ0v) is 15.7. The maximum Gasteiger partial charge on any atom is 0.417 e. The number of hydrogen-bond acceptors (Lipinski definition) is 8. The van der Waals surface area contributed by atoms with E-state index >= 15 is 0 Å². The van der Waals surface area contributed by atoms with Crippen LogP contribution >= 0.6 is 0 Å². The van der Waals surface area contributed by atoms with Gasteiger partial charge in [0.2, 0.25) is 5.95 Å². The molecule has 0 spiro atoms. The zero-order valence-electron chi connectivity index (χ0n) is 15.7. The number of alkyl halides is 3. The molecule has 0 aromatic carbocycles. The second-order valence-electron chi connectivity index (χ2n) is 6.90. The van der Waals surface area contributed by atoms with Gasteiger partial charge in [-0.25, -0.2) is 9.97 Å². The van der Waals surface area contributed by atoms with Crippen molar-refractivity contribution in [3.05, 3.63) is 23.9 Å². The average Bonchev–Trinajstić information content (AvgIpc) is 2.74. The summed E-state index contributed by atoms with van der Waals surface area (Å²) >= 11 is 0. The highest BCUT2D eigenvalue weighted by molar-refractivity contribution is 5.69. The molecular weight excluding hydrogens is 387 g/mol. The first-order valence-electron chi connectivity index (χ1n) is 9.42. The van der Waals surface area contributed by atoms with Crippen LogP contribution < -0.4 is 20.9 Å². The van der Waals surface area contributed by atoms with E-state index in [-0.39, 0.29) is 17.1 Å². The van der Waals surface area contributed by atoms with E-state index in [1.165, 1.54) is 0 Å². The summed E-state index contributed by atoms with van der Waals surface area (Å²) in [6.45, 7) is 5.19. The molecule has 8 nitrogen and oxygen atoms in total. The normalized spacial score (nSPS) is 18.2. The summed E-state index contributed by atoms with van der Waals surface area (Å²) in [6, 6.07) is 2.44. The molecule has 2 saturated heterocycles. The molecule has 2 fully saturated rings. The lowest BCUT2D eigenvalue weighted by molar-refractivity contribution is -0.137. The zero-order chi connectivity index (χ0) is 20.4. The van der Waals surface area contributed by atoms with E-state index in [1.807, 2.05) is 9.80 Å². The standard InChI is InChI=1S/C18H22F3N7O/c19-18(20,21)13-9-15(22)24-11-12(13)14-10-16(27-3-1-23-2-4-27)26-17(25-14)28-5-7-29-8-6-28/h9-11,23H,1-8H2,(H2,22,24). The van der Waals surface area contributed by atoms with Gasteiger partial charge in [0.25, 0.3) is 0 Å². The fourth-order valence-corrected chi connectivity index (χ4v) is 3.43. The van der Waals surface area contributed by atoms with Crippen LogP contribution in [0.15, 0.2) is 18.3 Å². The molecule has 0 aliphatic carbocycles. The Morgan fingerprint density at radius 1 is 1.00 bits per heavy atom. The van der Waals surface area contributed by atoms with Crippen molar-refractivity contribution in [1.82, 2.24) is 20.3 Å². The van der Waals surface area contributed by atoms with Crippen molar-refractivity contribution in [3.8, 4) is 11.3 Å². The molecule has 2 aromatic heterocycles. The van der Waals surface area contributed by atoms with Crippen molar-refractivity contribution >= 4 is 17.6 Å². The Morgan fingerprint density at radius 2 is 1.72 bits per heavy atom. The predicted molar refractivity (Wildman–Crippen MR) is 103 cm³/mol. The van der Waals surface area contributed by atoms with Gasteiger partial charge in [-0.3, -0.25) is 0 Å². The van der Waals surface area contributed by atoms with E-state index in [4.69, 9.17) is 10.5 Å². The average molecular weight is 409 g/mol. The summed E-state index contributed by atoms with van der Waals surface area (Å²) in [4.78, 5) is 17.0. The maximum absolute atomic E-state index is 13.7. The number of anilines is 3. The van der Waals surface area contributed by atoms with Crippen molar-refractivity contribution in [2.24, 2.45) is 0 Å². The fraction of sp³-hybridized carbons (Fsp3) is 0.500. The molecule has 4 rings (SSSR count). The number of hydrogen-bond donors (Lipinski definition) is 2. The summed E-state index contributed by atoms with van der Waals surface area (Å²) in [5.74, 6) is 0.804. The molecule has 11 heteroatoms. The molecule has 2 aliphatic rings. The SMILES string of the molecule is Nc1cc(C(F)(F)F)c(-c2cc(N3CCNCC3)nc(N3CCOCC3)n2)cn1. The van der Waals surface area contributed by atoms with E-state index in [0.29, 0.717) is 51.2 Å². The first-order valence-corrected chi connectivity index (χ1v) is 9.42. The van der Waals surface area contributed by atoms with Crippen molar-refractivity contribution < 1.29 is 17.9 Å². The number of halogens is 3. The highest BCUT2D eigenvalue weighted by Gasteiger charge is 2.35. The molecule has 2 aliphatic heterocycles. The van der Waals surface area contributed by atoms with Crippen LogP contribution in [0.4, 0.5) is 30.8 Å². The molecule has 2 aromatic rings. The number of nitrogens with zero attached hydrogens (tertiary/aromatic N) is 5. The van der Waals surface area contributed by atoms with Crippen LogP contribution in [0.3, 0.4) is 0 Å². The van der Waals surface area contributed by atoms with E-state index in [2.05, 4.69) is 20.3 Å². The third-order valence-corrected chi connectivity index (χ3v) is 4.94. The third-order valence-electron chi connectivity index (χ3n) is 4.94. The first kappa shape index (κ1) is 19.6. The third kappa shape index (κ3) is 4.35. The van der Waals surface area contributed by atoms with Crippen LogP contribution in [-0.4, -0.2) is 67.4 Å². The predicted octanol–water partition coefficient (Wildman–Crippen LogP) is 1.39. The number of morpholine rings is 1. The number of nitrogens with one attached hydrogen (secondary N) is 1. The number of pyridine rings is 1. The van der Waals surface area contributed by atoms with Gasteiger partial charge in [0.1, 0.15) is 11.6 Å². The number of ether oxygens (including phenoxy) is 1. The van der Waals surface area contributed by atoms with Crippen molar-refractivity contribution in [2.75, 3.05) is 68.0 Å². The highest BCUT2D eigenvalue weighted by atomic mass is 19.4. The molecule has 0 bridgehead atoms. The molecule has 0 unspecified atom stereocenters. The van der Waals surface area contributed by atoms with Crippen LogP contribution in [0.2, 0.25) is 0 Å². The van der Waals surface area contributed by atoms with E-state index in [9.17, 15) is 13.2 Å². The van der Waals surface area contributed by atoms with E-state index < -0.39 is 11.7 Å². The number of nitrogens with two attached hydrogens (primary N) is 1. The van der Waals surface area contributed by atoms with Crippen molar-refractivity contribution in [1.29, 1.82) is 0 Å². The minimum absolute atomic E-state index is 0.111. The van der Waals surface area contributed by atoms with E-state index in [0.717, 1.165) is 25.4 Å². The topological polar surface area (TPSA) is 92.4 Å². The van der Waals surface area contributed by atoms with Crippen molar-refractivity contribution in [3.63, 3.8) is 0 Å². The number of aromatic nitrogens is 3. The Labute approximate surface area is 165 Å². The van der Waals surface area contributed by atoms with Gasteiger partial charge in [0.15, 0.2) is 0 Å². The summed E-state index contributed by atoms with van der Waals surface area (Å²) in [5.41, 5.74) is 4.72. The lowest BCUT2D eigenvalue weighted by Gasteiger charge is -2.31. The molecule has 4 heterocycles. The Bertz CT molecular complexity index is 829. The van der Waals surface area contributed by atoms with Crippen LogP contribution in [0.1, 0.15) is 5.56 Å². The molecule has 3 N–H and O–H groups in total. The molecular formula is C18H22F3N7O. The first-order chi connectivity index (χ1) is 13.9. The maximum atomic E-state index is 13.7. The minimum atomic E-state index is -4.58. The number of piperazine rings is 1. The summed E-state index contributed by atoms with van der Waals surface area (Å²) < 4.78 is 46.3. The Hall–Kier alpha value is -2.66. The van der Waals surface area contributed by atoms with Crippen LogP contribution in [0, 0.1) is 0 Å². The highest BCUT2D eigenvalue weighted by Crippen LogP contribution is 2.38. The lowest BCUT2D eigenvalue weighted by atomic mass is 10.1. The quantitative estimate of drug-likeness (QED) is 0.786. The summed E-state index contributed by atoms with van der Waals surface area (Å²) in [7, 11) is 0. The minimum Gasteiger partial charge on any atom is -0.384 e. The van der Waals surface area contributed by atoms with Gasteiger partial charge < -0.3 is 25.6 Å². The monoisotopic (exact) mass is 409 g/mol. The smallest absolute Gasteiger partial charge is 0.384 e. The molecule has 0 amide bonds. The van der Waals surface area contributed by atoms with Crippen LogP contribution in [0.25, 0.3) is 11.3 Å². The van der Waals surface area contributed by atoms with Gasteiger partial charge in [-0.1, -0.05) is 0 Å². The van der Waals surface area contributed by atoms with Gasteiger partial charge in [0.05, 0.1) is 24.5 Å². The van der Waals surface area contributed by atoms with Crippen LogP contribution in [-0.2, 0) is 10.9 Å². The lowest BCUT2D eigenvalue weighted by Crippen LogP contribution is -2.44. The number of rotatable bonds is 3. The second-order valence-corrected chi connectivity index (χ2v) is 6.90. The van der Waals surface area contributed by atoms with Crippen LogP contribution in [0.5, 0.6) is 0 Å².